The summed E-state index contributed by atoms with van der Waals surface area (Å²) in [5.41, 5.74) is 2.96. The first-order chi connectivity index (χ1) is 20.3. The summed E-state index contributed by atoms with van der Waals surface area (Å²) < 4.78 is 0. The molecular weight excluding hydrogens is 518 g/mol. The minimum Gasteiger partial charge on any atom is -0.507 e. The molecule has 42 heavy (non-hydrogen) atoms. The molecule has 0 spiro atoms. The maximum absolute atomic E-state index is 11.0. The molecule has 0 unspecified atom stereocenters. The molecule has 204 valence electrons. The highest BCUT2D eigenvalue weighted by Crippen LogP contribution is 2.41. The van der Waals surface area contributed by atoms with E-state index in [1.807, 2.05) is 57.0 Å². The van der Waals surface area contributed by atoms with Gasteiger partial charge in [-0.2, -0.15) is 15.0 Å². The molecule has 6 nitrogen and oxygen atoms in total. The highest BCUT2D eigenvalue weighted by atomic mass is 16.3. The van der Waals surface area contributed by atoms with Gasteiger partial charge in [-0.1, -0.05) is 72.5 Å². The molecule has 1 heterocycles. The number of phenolic OH excluding ortho intramolecular Hbond substituents is 1. The summed E-state index contributed by atoms with van der Waals surface area (Å²) in [6, 6.07) is 27.6. The number of aryl methyl sites for hydroxylation is 1. The molecule has 6 aromatic carbocycles. The predicted molar refractivity (Wildman–Crippen MR) is 174 cm³/mol. The molecule has 0 aliphatic heterocycles. The zero-order valence-corrected chi connectivity index (χ0v) is 24.2. The van der Waals surface area contributed by atoms with Crippen molar-refractivity contribution in [3.63, 3.8) is 0 Å². The van der Waals surface area contributed by atoms with E-state index < -0.39 is 0 Å². The molecule has 0 radical (unpaired) electrons. The fraction of sp³-hybridized carbons (Fsp3) is 0.139. The third-order valence-electron chi connectivity index (χ3n) is 7.82. The van der Waals surface area contributed by atoms with E-state index in [1.165, 1.54) is 37.7 Å². The van der Waals surface area contributed by atoms with Gasteiger partial charge in [0.2, 0.25) is 11.9 Å². The second kappa shape index (κ2) is 9.60. The van der Waals surface area contributed by atoms with Gasteiger partial charge in [-0.05, 0) is 73.8 Å². The van der Waals surface area contributed by atoms with Crippen molar-refractivity contribution in [2.75, 3.05) is 38.0 Å². The highest BCUT2D eigenvalue weighted by molar-refractivity contribution is 6.33. The average molecular weight is 548 g/mol. The van der Waals surface area contributed by atoms with Gasteiger partial charge >= 0.3 is 0 Å². The van der Waals surface area contributed by atoms with Crippen LogP contribution in [0.2, 0.25) is 0 Å². The van der Waals surface area contributed by atoms with Gasteiger partial charge in [-0.15, -0.1) is 0 Å². The Balaban J connectivity index is 1.40. The Morgan fingerprint density at radius 1 is 0.619 bits per heavy atom. The van der Waals surface area contributed by atoms with E-state index in [9.17, 15) is 5.11 Å². The monoisotopic (exact) mass is 547 g/mol. The lowest BCUT2D eigenvalue weighted by atomic mass is 9.88. The molecular formula is C36H29N5O. The van der Waals surface area contributed by atoms with E-state index in [-0.39, 0.29) is 5.75 Å². The van der Waals surface area contributed by atoms with Gasteiger partial charge in [-0.3, -0.25) is 0 Å². The van der Waals surface area contributed by atoms with Crippen LogP contribution < -0.4 is 9.80 Å². The van der Waals surface area contributed by atoms with Crippen LogP contribution in [0, 0.1) is 18.8 Å². The van der Waals surface area contributed by atoms with Crippen LogP contribution in [0.5, 0.6) is 5.75 Å². The first kappa shape index (κ1) is 25.6. The van der Waals surface area contributed by atoms with Gasteiger partial charge in [-0.25, -0.2) is 0 Å². The second-order valence-electron chi connectivity index (χ2n) is 11.1. The molecule has 0 bridgehead atoms. The maximum atomic E-state index is 11.0. The number of aromatic nitrogens is 3. The van der Waals surface area contributed by atoms with E-state index in [1.54, 1.807) is 0 Å². The highest BCUT2D eigenvalue weighted by Gasteiger charge is 2.17. The van der Waals surface area contributed by atoms with Gasteiger partial charge in [0.1, 0.15) is 5.75 Å². The Morgan fingerprint density at radius 3 is 1.83 bits per heavy atom. The van der Waals surface area contributed by atoms with E-state index in [0.717, 1.165) is 16.5 Å². The SMILES string of the molecule is Cc1cc(C#Cc2ccc3c4cccc5cccc(c6cccc2c63)c54)cc(-c2nc(N(C)C)nc(N(C)C)n2)c1O. The number of hydrogen-bond acceptors (Lipinski definition) is 6. The number of nitrogens with zero attached hydrogens (tertiary/aromatic N) is 5. The number of phenols is 1. The Kier molecular flexibility index (Phi) is 5.84. The van der Waals surface area contributed by atoms with Crippen LogP contribution in [-0.2, 0) is 0 Å². The van der Waals surface area contributed by atoms with Crippen molar-refractivity contribution < 1.29 is 5.11 Å². The second-order valence-corrected chi connectivity index (χ2v) is 11.1. The number of aromatic hydroxyl groups is 1. The van der Waals surface area contributed by atoms with Crippen molar-refractivity contribution in [1.29, 1.82) is 0 Å². The van der Waals surface area contributed by atoms with E-state index in [4.69, 9.17) is 0 Å². The smallest absolute Gasteiger partial charge is 0.230 e. The van der Waals surface area contributed by atoms with Crippen molar-refractivity contribution >= 4 is 55.0 Å². The summed E-state index contributed by atoms with van der Waals surface area (Å²) in [6.07, 6.45) is 0. The van der Waals surface area contributed by atoms with Crippen LogP contribution in [0.3, 0.4) is 0 Å². The molecule has 6 heteroatoms. The number of rotatable bonds is 3. The Morgan fingerprint density at radius 2 is 1.19 bits per heavy atom. The average Bonchev–Trinajstić information content (AvgIpc) is 3.00. The Labute approximate surface area is 244 Å². The van der Waals surface area contributed by atoms with Gasteiger partial charge in [0, 0.05) is 39.3 Å². The standard InChI is InChI=1S/C36H29N5O/c1-21-19-22(20-30(33(21)42)34-37-35(40(2)3)39-36(38-34)41(4)5)15-16-23-17-18-29-27-13-7-10-24-9-6-12-26(31(24)27)28-14-8-11-25(23)32(28)29/h6-14,17-20,42H,1-5H3. The van der Waals surface area contributed by atoms with Crippen molar-refractivity contribution in [3.8, 4) is 29.0 Å². The largest absolute Gasteiger partial charge is 0.507 e. The third-order valence-corrected chi connectivity index (χ3v) is 7.82. The first-order valence-corrected chi connectivity index (χ1v) is 13.8. The number of hydrogen-bond donors (Lipinski definition) is 1. The lowest BCUT2D eigenvalue weighted by molar-refractivity contribution is 0.472. The summed E-state index contributed by atoms with van der Waals surface area (Å²) in [6.45, 7) is 1.87. The summed E-state index contributed by atoms with van der Waals surface area (Å²) >= 11 is 0. The van der Waals surface area contributed by atoms with Crippen molar-refractivity contribution in [3.05, 3.63) is 95.6 Å². The Bertz CT molecular complexity index is 2160. The van der Waals surface area contributed by atoms with Gasteiger partial charge < -0.3 is 14.9 Å². The van der Waals surface area contributed by atoms with Crippen LogP contribution in [0.15, 0.2) is 78.9 Å². The zero-order chi connectivity index (χ0) is 29.1. The van der Waals surface area contributed by atoms with E-state index in [0.29, 0.717) is 28.8 Å². The lowest BCUT2D eigenvalue weighted by Crippen LogP contribution is -2.19. The fourth-order valence-electron chi connectivity index (χ4n) is 5.79. The Hall–Kier alpha value is -5.41. The molecule has 0 aliphatic rings. The van der Waals surface area contributed by atoms with E-state index >= 15 is 0 Å². The minimum atomic E-state index is 0.135. The number of benzene rings is 6. The molecule has 7 rings (SSSR count). The molecule has 0 saturated carbocycles. The van der Waals surface area contributed by atoms with Crippen LogP contribution in [0.1, 0.15) is 16.7 Å². The molecule has 1 N–H and O–H groups in total. The summed E-state index contributed by atoms with van der Waals surface area (Å²) in [4.78, 5) is 17.4. The molecule has 0 saturated heterocycles. The lowest BCUT2D eigenvalue weighted by Gasteiger charge is -2.17. The molecule has 1 aromatic heterocycles. The van der Waals surface area contributed by atoms with Crippen LogP contribution >= 0.6 is 0 Å². The van der Waals surface area contributed by atoms with Crippen molar-refractivity contribution in [2.24, 2.45) is 0 Å². The summed E-state index contributed by atoms with van der Waals surface area (Å²) in [7, 11) is 7.52. The van der Waals surface area contributed by atoms with E-state index in [2.05, 4.69) is 93.5 Å². The van der Waals surface area contributed by atoms with Gasteiger partial charge in [0.05, 0.1) is 5.56 Å². The number of anilines is 2. The quantitative estimate of drug-likeness (QED) is 0.144. The zero-order valence-electron chi connectivity index (χ0n) is 24.2. The van der Waals surface area contributed by atoms with Gasteiger partial charge in [0.15, 0.2) is 5.82 Å². The first-order valence-electron chi connectivity index (χ1n) is 13.8. The molecule has 7 aromatic rings. The van der Waals surface area contributed by atoms with Crippen LogP contribution in [0.4, 0.5) is 11.9 Å². The molecule has 0 fully saturated rings. The molecule has 0 atom stereocenters. The van der Waals surface area contributed by atoms with Crippen LogP contribution in [0.25, 0.3) is 54.5 Å². The summed E-state index contributed by atoms with van der Waals surface area (Å²) in [5.74, 6) is 8.36. The molecule has 0 aliphatic carbocycles. The molecule has 0 amide bonds. The predicted octanol–water partition coefficient (Wildman–Crippen LogP) is 7.14. The van der Waals surface area contributed by atoms with Crippen LogP contribution in [-0.4, -0.2) is 48.2 Å². The normalized spacial score (nSPS) is 11.4. The fourth-order valence-corrected chi connectivity index (χ4v) is 5.79. The number of fused-ring (bicyclic) bond motifs is 2. The summed E-state index contributed by atoms with van der Waals surface area (Å²) in [5, 5.41) is 20.9. The maximum Gasteiger partial charge on any atom is 0.230 e. The topological polar surface area (TPSA) is 65.4 Å². The van der Waals surface area contributed by atoms with Crippen molar-refractivity contribution in [1.82, 2.24) is 15.0 Å². The third kappa shape index (κ3) is 4.02. The van der Waals surface area contributed by atoms with Crippen molar-refractivity contribution in [2.45, 2.75) is 6.92 Å². The minimum absolute atomic E-state index is 0.135. The van der Waals surface area contributed by atoms with Gasteiger partial charge in [0.25, 0.3) is 0 Å².